The van der Waals surface area contributed by atoms with E-state index in [0.29, 0.717) is 29.6 Å². The van der Waals surface area contributed by atoms with Crippen LogP contribution in [0.3, 0.4) is 0 Å². The summed E-state index contributed by atoms with van der Waals surface area (Å²) in [7, 11) is 0. The molecule has 2 atom stereocenters. The Hall–Kier alpha value is -4.14. The second-order valence-corrected chi connectivity index (χ2v) is 8.27. The zero-order valence-corrected chi connectivity index (χ0v) is 18.4. The SMILES string of the molecule is O=C(CC1CC1c1ccc(-c2ncn(-c3ccc(OC(F)(F)F)cc3)n2)cc1)Oc1ccccc1. The van der Waals surface area contributed by atoms with Crippen LogP contribution in [0.15, 0.2) is 85.2 Å². The number of carbonyl (C=O) groups excluding carboxylic acids is 1. The van der Waals surface area contributed by atoms with Gasteiger partial charge >= 0.3 is 12.3 Å². The summed E-state index contributed by atoms with van der Waals surface area (Å²) in [5.41, 5.74) is 2.51. The van der Waals surface area contributed by atoms with Crippen LogP contribution in [0, 0.1) is 5.92 Å². The van der Waals surface area contributed by atoms with Crippen molar-refractivity contribution >= 4 is 5.97 Å². The summed E-state index contributed by atoms with van der Waals surface area (Å²) in [5, 5.41) is 4.42. The third-order valence-electron chi connectivity index (χ3n) is 5.75. The number of halogens is 3. The Morgan fingerprint density at radius 2 is 1.66 bits per heavy atom. The van der Waals surface area contributed by atoms with Gasteiger partial charge in [0, 0.05) is 12.0 Å². The van der Waals surface area contributed by atoms with Crippen molar-refractivity contribution in [3.05, 3.63) is 90.8 Å². The number of aromatic nitrogens is 3. The lowest BCUT2D eigenvalue weighted by atomic mass is 10.1. The second-order valence-electron chi connectivity index (χ2n) is 8.27. The molecule has 1 fully saturated rings. The molecule has 178 valence electrons. The molecule has 0 saturated heterocycles. The molecule has 0 aliphatic heterocycles. The van der Waals surface area contributed by atoms with Crippen LogP contribution >= 0.6 is 0 Å². The summed E-state index contributed by atoms with van der Waals surface area (Å²) in [6.07, 6.45) is -1.93. The minimum absolute atomic E-state index is 0.229. The van der Waals surface area contributed by atoms with Crippen molar-refractivity contribution in [2.75, 3.05) is 0 Å². The summed E-state index contributed by atoms with van der Waals surface area (Å²) >= 11 is 0. The van der Waals surface area contributed by atoms with Gasteiger partial charge in [-0.25, -0.2) is 9.67 Å². The first kappa shape index (κ1) is 22.6. The van der Waals surface area contributed by atoms with Gasteiger partial charge in [-0.3, -0.25) is 4.79 Å². The molecule has 1 aliphatic carbocycles. The zero-order chi connectivity index (χ0) is 24.4. The number of hydrogen-bond donors (Lipinski definition) is 0. The van der Waals surface area contributed by atoms with Gasteiger partial charge in [0.25, 0.3) is 0 Å². The third-order valence-corrected chi connectivity index (χ3v) is 5.75. The van der Waals surface area contributed by atoms with E-state index in [9.17, 15) is 18.0 Å². The number of nitrogens with zero attached hydrogens (tertiary/aromatic N) is 3. The fraction of sp³-hybridized carbons (Fsp3) is 0.192. The maximum Gasteiger partial charge on any atom is 0.573 e. The molecule has 3 aromatic carbocycles. The Labute approximate surface area is 198 Å². The first-order chi connectivity index (χ1) is 16.8. The van der Waals surface area contributed by atoms with Gasteiger partial charge in [0.05, 0.1) is 5.69 Å². The lowest BCUT2D eigenvalue weighted by molar-refractivity contribution is -0.274. The molecule has 1 aromatic heterocycles. The third kappa shape index (κ3) is 5.68. The number of rotatable bonds is 7. The molecule has 5 rings (SSSR count). The van der Waals surface area contributed by atoms with Crippen LogP contribution in [-0.2, 0) is 4.79 Å². The lowest BCUT2D eigenvalue weighted by Crippen LogP contribution is -2.17. The average molecular weight is 479 g/mol. The highest BCUT2D eigenvalue weighted by Gasteiger charge is 2.40. The van der Waals surface area contributed by atoms with Crippen LogP contribution < -0.4 is 9.47 Å². The van der Waals surface area contributed by atoms with Crippen LogP contribution in [-0.4, -0.2) is 27.1 Å². The zero-order valence-electron chi connectivity index (χ0n) is 18.4. The van der Waals surface area contributed by atoms with Crippen molar-refractivity contribution in [1.82, 2.24) is 14.8 Å². The van der Waals surface area contributed by atoms with Crippen molar-refractivity contribution in [2.45, 2.75) is 25.1 Å². The van der Waals surface area contributed by atoms with E-state index in [1.807, 2.05) is 42.5 Å². The summed E-state index contributed by atoms with van der Waals surface area (Å²) in [4.78, 5) is 16.5. The summed E-state index contributed by atoms with van der Waals surface area (Å²) in [5.74, 6) is 1.09. The molecule has 1 saturated carbocycles. The van der Waals surface area contributed by atoms with E-state index >= 15 is 0 Å². The Kier molecular flexibility index (Phi) is 5.98. The van der Waals surface area contributed by atoms with E-state index in [0.717, 1.165) is 17.5 Å². The minimum atomic E-state index is -4.74. The van der Waals surface area contributed by atoms with Crippen LogP contribution in [0.25, 0.3) is 17.1 Å². The maximum atomic E-state index is 12.3. The highest BCUT2D eigenvalue weighted by molar-refractivity contribution is 5.73. The van der Waals surface area contributed by atoms with Gasteiger partial charge in [0.15, 0.2) is 5.82 Å². The predicted octanol–water partition coefficient (Wildman–Crippen LogP) is 5.93. The van der Waals surface area contributed by atoms with Gasteiger partial charge in [0.2, 0.25) is 0 Å². The Balaban J connectivity index is 1.18. The van der Waals surface area contributed by atoms with Crippen molar-refractivity contribution in [3.8, 4) is 28.6 Å². The van der Waals surface area contributed by atoms with Gasteiger partial charge in [-0.1, -0.05) is 42.5 Å². The normalized spacial score (nSPS) is 17.1. The molecule has 0 amide bonds. The molecule has 2 unspecified atom stereocenters. The van der Waals surface area contributed by atoms with Gasteiger partial charge in [0.1, 0.15) is 17.8 Å². The van der Waals surface area contributed by atoms with Crippen LogP contribution in [0.2, 0.25) is 0 Å². The molecule has 1 aliphatic rings. The van der Waals surface area contributed by atoms with E-state index < -0.39 is 6.36 Å². The number of carbonyl (C=O) groups is 1. The van der Waals surface area contributed by atoms with E-state index in [4.69, 9.17) is 4.74 Å². The first-order valence-electron chi connectivity index (χ1n) is 11.0. The Bertz CT molecular complexity index is 1300. The van der Waals surface area contributed by atoms with Gasteiger partial charge in [-0.05, 0) is 60.2 Å². The summed E-state index contributed by atoms with van der Waals surface area (Å²) in [6.45, 7) is 0. The summed E-state index contributed by atoms with van der Waals surface area (Å²) in [6, 6.07) is 22.3. The van der Waals surface area contributed by atoms with Crippen molar-refractivity contribution in [2.24, 2.45) is 5.92 Å². The average Bonchev–Trinajstić information content (AvgIpc) is 3.41. The number of para-hydroxylation sites is 1. The van der Waals surface area contributed by atoms with Crippen LogP contribution in [0.5, 0.6) is 11.5 Å². The molecular formula is C26H20F3N3O3. The fourth-order valence-corrected chi connectivity index (χ4v) is 3.96. The highest BCUT2D eigenvalue weighted by Crippen LogP contribution is 2.49. The molecule has 0 bridgehead atoms. The summed E-state index contributed by atoms with van der Waals surface area (Å²) < 4.78 is 47.7. The number of esters is 1. The second kappa shape index (κ2) is 9.25. The number of ether oxygens (including phenoxy) is 2. The molecule has 0 radical (unpaired) electrons. The number of alkyl halides is 3. The molecule has 35 heavy (non-hydrogen) atoms. The molecule has 0 spiro atoms. The minimum Gasteiger partial charge on any atom is -0.427 e. The van der Waals surface area contributed by atoms with Crippen molar-refractivity contribution in [3.63, 3.8) is 0 Å². The van der Waals surface area contributed by atoms with Gasteiger partial charge < -0.3 is 9.47 Å². The van der Waals surface area contributed by atoms with Crippen molar-refractivity contribution < 1.29 is 27.4 Å². The molecule has 6 nitrogen and oxygen atoms in total. The number of benzene rings is 3. The Morgan fingerprint density at radius 3 is 2.34 bits per heavy atom. The van der Waals surface area contributed by atoms with Crippen LogP contribution in [0.4, 0.5) is 13.2 Å². The van der Waals surface area contributed by atoms with E-state index in [1.54, 1.807) is 12.1 Å². The largest absolute Gasteiger partial charge is 0.573 e. The van der Waals surface area contributed by atoms with E-state index in [-0.39, 0.29) is 17.6 Å². The molecule has 4 aromatic rings. The van der Waals surface area contributed by atoms with Gasteiger partial charge in [-0.15, -0.1) is 18.3 Å². The van der Waals surface area contributed by atoms with E-state index in [2.05, 4.69) is 14.8 Å². The monoisotopic (exact) mass is 479 g/mol. The molecule has 1 heterocycles. The topological polar surface area (TPSA) is 66.2 Å². The molecule has 0 N–H and O–H groups in total. The number of hydrogen-bond acceptors (Lipinski definition) is 5. The Morgan fingerprint density at radius 1 is 0.943 bits per heavy atom. The molecular weight excluding hydrogens is 459 g/mol. The smallest absolute Gasteiger partial charge is 0.427 e. The lowest BCUT2D eigenvalue weighted by Gasteiger charge is -2.09. The maximum absolute atomic E-state index is 12.3. The van der Waals surface area contributed by atoms with E-state index in [1.165, 1.54) is 35.3 Å². The quantitative estimate of drug-likeness (QED) is 0.243. The highest BCUT2D eigenvalue weighted by atomic mass is 19.4. The predicted molar refractivity (Wildman–Crippen MR) is 121 cm³/mol. The molecule has 9 heteroatoms. The first-order valence-corrected chi connectivity index (χ1v) is 11.0. The fourth-order valence-electron chi connectivity index (χ4n) is 3.96. The standard InChI is InChI=1S/C26H20F3N3O3/c27-26(28,29)35-22-12-10-20(11-13-22)32-16-30-25(31-32)18-8-6-17(7-9-18)23-14-19(23)15-24(33)34-21-4-2-1-3-5-21/h1-13,16,19,23H,14-15H2. The van der Waals surface area contributed by atoms with Crippen molar-refractivity contribution in [1.29, 1.82) is 0 Å². The van der Waals surface area contributed by atoms with Gasteiger partial charge in [-0.2, -0.15) is 0 Å². The van der Waals surface area contributed by atoms with Crippen LogP contribution in [0.1, 0.15) is 24.3 Å².